The first-order valence-electron chi connectivity index (χ1n) is 23.4. The van der Waals surface area contributed by atoms with Crippen LogP contribution in [0.3, 0.4) is 0 Å². The van der Waals surface area contributed by atoms with E-state index in [1.165, 1.54) is 128 Å². The van der Waals surface area contributed by atoms with E-state index in [0.717, 1.165) is 51.4 Å². The van der Waals surface area contributed by atoms with Gasteiger partial charge in [0.15, 0.2) is 22.8 Å². The Balaban J connectivity index is 0.833. The number of hydrogen-bond acceptors (Lipinski definition) is 7. The van der Waals surface area contributed by atoms with E-state index in [1.54, 1.807) is 0 Å². The molecule has 0 radical (unpaired) electrons. The van der Waals surface area contributed by atoms with Crippen LogP contribution in [0.2, 0.25) is 0 Å². The van der Waals surface area contributed by atoms with Crippen molar-refractivity contribution in [3.05, 3.63) is 0 Å². The Bertz CT molecular complexity index is 1030. The van der Waals surface area contributed by atoms with Crippen molar-refractivity contribution in [2.45, 2.75) is 279 Å². The average Bonchev–Trinajstić information content (AvgIpc) is 4.02. The van der Waals surface area contributed by atoms with Crippen molar-refractivity contribution in [2.24, 2.45) is 0 Å². The Kier molecular flexibility index (Phi) is 16.6. The Labute approximate surface area is 323 Å². The van der Waals surface area contributed by atoms with Crippen LogP contribution in [0.4, 0.5) is 0 Å². The van der Waals surface area contributed by atoms with Gasteiger partial charge in [0.1, 0.15) is 12.2 Å². The highest BCUT2D eigenvalue weighted by Gasteiger charge is 2.72. The molecule has 7 heteroatoms. The van der Waals surface area contributed by atoms with E-state index in [2.05, 4.69) is 13.8 Å². The lowest BCUT2D eigenvalue weighted by Crippen LogP contribution is -2.57. The predicted molar refractivity (Wildman–Crippen MR) is 210 cm³/mol. The number of unbranched alkanes of at least 4 members (excludes halogenated alkanes) is 18. The van der Waals surface area contributed by atoms with Crippen molar-refractivity contribution < 1.29 is 33.3 Å². The predicted octanol–water partition coefficient (Wildman–Crippen LogP) is 11.2. The molecule has 2 saturated carbocycles. The minimum absolute atomic E-state index is 0.116. The third kappa shape index (κ3) is 12.1. The maximum Gasteiger partial charge on any atom is 0.167 e. The molecule has 4 saturated heterocycles. The second-order valence-electron chi connectivity index (χ2n) is 18.1. The molecule has 0 aromatic heterocycles. The summed E-state index contributed by atoms with van der Waals surface area (Å²) in [5, 5.41) is 0. The van der Waals surface area contributed by atoms with Gasteiger partial charge in [-0.2, -0.15) is 0 Å². The molecule has 10 atom stereocenters. The SMILES string of the molecule is CCCCCCCCC1OC1CCCCCCCC(=O)C1(OC2(C(=O)CCCCCCCC3OC3CCCCCCCC)CCC3OC32)CCC2OC21. The maximum absolute atomic E-state index is 14.0. The molecule has 10 unspecified atom stereocenters. The molecule has 0 N–H and O–H groups in total. The molecule has 53 heavy (non-hydrogen) atoms. The van der Waals surface area contributed by atoms with Crippen LogP contribution >= 0.6 is 0 Å². The summed E-state index contributed by atoms with van der Waals surface area (Å²) in [7, 11) is 0. The van der Waals surface area contributed by atoms with Crippen LogP contribution in [0.15, 0.2) is 0 Å². The van der Waals surface area contributed by atoms with Crippen LogP contribution in [-0.4, -0.2) is 71.6 Å². The van der Waals surface area contributed by atoms with Crippen molar-refractivity contribution in [1.29, 1.82) is 0 Å². The Morgan fingerprint density at radius 2 is 0.774 bits per heavy atom. The third-order valence-corrected chi connectivity index (χ3v) is 13.8. The second-order valence-corrected chi connectivity index (χ2v) is 18.1. The zero-order chi connectivity index (χ0) is 36.9. The van der Waals surface area contributed by atoms with Gasteiger partial charge in [0.25, 0.3) is 0 Å². The van der Waals surface area contributed by atoms with Gasteiger partial charge in [-0.25, -0.2) is 0 Å². The fourth-order valence-electron chi connectivity index (χ4n) is 10.2. The number of rotatable bonds is 34. The van der Waals surface area contributed by atoms with Gasteiger partial charge in [-0.05, 0) is 64.2 Å². The van der Waals surface area contributed by atoms with Gasteiger partial charge < -0.3 is 23.7 Å². The first-order valence-corrected chi connectivity index (χ1v) is 23.4. The number of hydrogen-bond donors (Lipinski definition) is 0. The number of carbonyl (C=O) groups excluding carboxylic acids is 2. The summed E-state index contributed by atoms with van der Waals surface area (Å²) in [4.78, 5) is 28.0. The van der Waals surface area contributed by atoms with Crippen molar-refractivity contribution in [3.63, 3.8) is 0 Å². The van der Waals surface area contributed by atoms with Crippen LogP contribution in [0.1, 0.15) is 219 Å². The van der Waals surface area contributed by atoms with Gasteiger partial charge in [0, 0.05) is 12.8 Å². The molecule has 2 aliphatic carbocycles. The summed E-state index contributed by atoms with van der Waals surface area (Å²) in [5.74, 6) is 0.327. The standard InChI is InChI=1S/C46H78O7/c1-3-5-7-9-13-19-25-35-37(49-35)27-21-15-11-17-23-29-41(47)45(33-31-39-43(45)51-39)53-46(34-32-40-44(46)52-40)42(48)30-24-18-12-16-22-28-38-36(50-38)26-20-14-10-8-6-4-2/h35-40,43-44H,3-34H2,1-2H3. The van der Waals surface area contributed by atoms with Gasteiger partial charge in [0.2, 0.25) is 0 Å². The molecule has 6 rings (SSSR count). The van der Waals surface area contributed by atoms with Crippen LogP contribution < -0.4 is 0 Å². The van der Waals surface area contributed by atoms with E-state index in [0.29, 0.717) is 50.1 Å². The molecule has 6 fully saturated rings. The number of ketones is 2. The molecule has 0 bridgehead atoms. The molecule has 0 amide bonds. The van der Waals surface area contributed by atoms with Crippen molar-refractivity contribution >= 4 is 11.6 Å². The Morgan fingerprint density at radius 3 is 1.08 bits per heavy atom. The zero-order valence-electron chi connectivity index (χ0n) is 34.1. The number of carbonyl (C=O) groups is 2. The average molecular weight is 743 g/mol. The van der Waals surface area contributed by atoms with Gasteiger partial charge in [0.05, 0.1) is 36.6 Å². The zero-order valence-corrected chi connectivity index (χ0v) is 34.1. The van der Waals surface area contributed by atoms with E-state index in [1.807, 2.05) is 0 Å². The van der Waals surface area contributed by atoms with E-state index < -0.39 is 11.2 Å². The lowest BCUT2D eigenvalue weighted by Gasteiger charge is -2.39. The number of Topliss-reactive ketones (excluding diaryl/α,β-unsaturated/α-hetero) is 2. The maximum atomic E-state index is 14.0. The molecule has 4 heterocycles. The van der Waals surface area contributed by atoms with Crippen LogP contribution in [-0.2, 0) is 33.3 Å². The summed E-state index contributed by atoms with van der Waals surface area (Å²) in [6.07, 6.45) is 38.2. The van der Waals surface area contributed by atoms with E-state index in [9.17, 15) is 9.59 Å². The van der Waals surface area contributed by atoms with Gasteiger partial charge in [-0.15, -0.1) is 0 Å². The first-order chi connectivity index (χ1) is 26.0. The van der Waals surface area contributed by atoms with Gasteiger partial charge in [-0.3, -0.25) is 9.59 Å². The first kappa shape index (κ1) is 41.8. The fraction of sp³-hybridized carbons (Fsp3) is 0.957. The summed E-state index contributed by atoms with van der Waals surface area (Å²) < 4.78 is 30.9. The third-order valence-electron chi connectivity index (χ3n) is 13.8. The van der Waals surface area contributed by atoms with Gasteiger partial charge in [-0.1, -0.05) is 142 Å². The van der Waals surface area contributed by atoms with E-state index in [-0.39, 0.29) is 36.0 Å². The lowest BCUT2D eigenvalue weighted by atomic mass is 9.86. The molecule has 7 nitrogen and oxygen atoms in total. The highest BCUT2D eigenvalue weighted by Crippen LogP contribution is 2.56. The fourth-order valence-corrected chi connectivity index (χ4v) is 10.2. The number of epoxide rings is 4. The molecule has 304 valence electrons. The van der Waals surface area contributed by atoms with E-state index >= 15 is 0 Å². The monoisotopic (exact) mass is 743 g/mol. The van der Waals surface area contributed by atoms with Crippen LogP contribution in [0, 0.1) is 0 Å². The second kappa shape index (κ2) is 21.1. The topological polar surface area (TPSA) is 93.5 Å². The molecular formula is C46H78O7. The largest absolute Gasteiger partial charge is 0.370 e. The molecular weight excluding hydrogens is 664 g/mol. The van der Waals surface area contributed by atoms with Crippen LogP contribution in [0.25, 0.3) is 0 Å². The molecule has 4 aliphatic heterocycles. The minimum atomic E-state index is -0.965. The van der Waals surface area contributed by atoms with E-state index in [4.69, 9.17) is 23.7 Å². The minimum Gasteiger partial charge on any atom is -0.370 e. The normalized spacial score (nSPS) is 34.6. The summed E-state index contributed by atoms with van der Waals surface area (Å²) in [6, 6.07) is 0. The summed E-state index contributed by atoms with van der Waals surface area (Å²) in [6.45, 7) is 4.55. The highest BCUT2D eigenvalue weighted by atomic mass is 16.7. The summed E-state index contributed by atoms with van der Waals surface area (Å²) >= 11 is 0. The van der Waals surface area contributed by atoms with Crippen molar-refractivity contribution in [1.82, 2.24) is 0 Å². The summed E-state index contributed by atoms with van der Waals surface area (Å²) in [5.41, 5.74) is -1.93. The lowest BCUT2D eigenvalue weighted by molar-refractivity contribution is -0.192. The Morgan fingerprint density at radius 1 is 0.453 bits per heavy atom. The van der Waals surface area contributed by atoms with Crippen molar-refractivity contribution in [2.75, 3.05) is 0 Å². The molecule has 0 spiro atoms. The molecule has 0 aromatic carbocycles. The van der Waals surface area contributed by atoms with Crippen molar-refractivity contribution in [3.8, 4) is 0 Å². The van der Waals surface area contributed by atoms with Crippen LogP contribution in [0.5, 0.6) is 0 Å². The number of fused-ring (bicyclic) bond motifs is 2. The van der Waals surface area contributed by atoms with Gasteiger partial charge >= 0.3 is 0 Å². The highest BCUT2D eigenvalue weighted by molar-refractivity contribution is 5.92. The molecule has 0 aromatic rings. The smallest absolute Gasteiger partial charge is 0.167 e. The molecule has 6 aliphatic rings. The quantitative estimate of drug-likeness (QED) is 0.0478. The Hall–Kier alpha value is -0.860. The number of ether oxygens (including phenoxy) is 5.